The van der Waals surface area contributed by atoms with Crippen LogP contribution in [0.3, 0.4) is 0 Å². The Balaban J connectivity index is 1.64. The minimum absolute atomic E-state index is 0.188. The number of nitrogens with one attached hydrogen (secondary N) is 1. The molecule has 120 valence electrons. The van der Waals surface area contributed by atoms with Gasteiger partial charge < -0.3 is 20.9 Å². The Kier molecular flexibility index (Phi) is 4.43. The van der Waals surface area contributed by atoms with E-state index in [1.807, 2.05) is 24.3 Å². The number of rotatable bonds is 3. The van der Waals surface area contributed by atoms with Crippen LogP contribution in [0.2, 0.25) is 0 Å². The van der Waals surface area contributed by atoms with Crippen molar-refractivity contribution in [3.05, 3.63) is 48.2 Å². The van der Waals surface area contributed by atoms with E-state index >= 15 is 0 Å². The van der Waals surface area contributed by atoms with Gasteiger partial charge in [-0.3, -0.25) is 4.79 Å². The van der Waals surface area contributed by atoms with Crippen LogP contribution < -0.4 is 16.0 Å². The predicted molar refractivity (Wildman–Crippen MR) is 92.8 cm³/mol. The number of likely N-dealkylation sites (N-methyl/N-ethyl adjacent to an activating group) is 1. The van der Waals surface area contributed by atoms with Gasteiger partial charge in [-0.05, 0) is 43.4 Å². The quantitative estimate of drug-likeness (QED) is 0.902. The normalized spacial score (nSPS) is 15.4. The Labute approximate surface area is 135 Å². The molecule has 1 amide bonds. The van der Waals surface area contributed by atoms with Gasteiger partial charge in [-0.1, -0.05) is 0 Å². The molecule has 0 saturated carbocycles. The van der Waals surface area contributed by atoms with Crippen molar-refractivity contribution < 1.29 is 4.79 Å². The van der Waals surface area contributed by atoms with Gasteiger partial charge in [0.25, 0.3) is 5.91 Å². The van der Waals surface area contributed by atoms with E-state index in [1.165, 1.54) is 11.9 Å². The van der Waals surface area contributed by atoms with Crippen LogP contribution in [-0.4, -0.2) is 49.0 Å². The molecule has 1 aliphatic heterocycles. The summed E-state index contributed by atoms with van der Waals surface area (Å²) in [7, 11) is 2.14. The van der Waals surface area contributed by atoms with Crippen molar-refractivity contribution in [1.29, 1.82) is 0 Å². The molecule has 2 aromatic rings. The summed E-state index contributed by atoms with van der Waals surface area (Å²) in [4.78, 5) is 20.7. The van der Waals surface area contributed by atoms with Crippen LogP contribution in [0.1, 0.15) is 10.4 Å². The van der Waals surface area contributed by atoms with E-state index in [4.69, 9.17) is 5.73 Å². The van der Waals surface area contributed by atoms with E-state index in [2.05, 4.69) is 27.1 Å². The number of nitrogen functional groups attached to an aromatic ring is 1. The van der Waals surface area contributed by atoms with Crippen LogP contribution in [-0.2, 0) is 0 Å². The molecule has 3 N–H and O–H groups in total. The molecular weight excluding hydrogens is 290 g/mol. The maximum absolute atomic E-state index is 12.2. The minimum atomic E-state index is -0.188. The van der Waals surface area contributed by atoms with E-state index in [1.54, 1.807) is 12.1 Å². The molecule has 6 heteroatoms. The summed E-state index contributed by atoms with van der Waals surface area (Å²) >= 11 is 0. The van der Waals surface area contributed by atoms with Gasteiger partial charge in [0.05, 0.1) is 0 Å². The molecule has 1 aromatic carbocycles. The average molecular weight is 311 g/mol. The maximum Gasteiger partial charge on any atom is 0.255 e. The molecule has 0 unspecified atom stereocenters. The second-order valence-corrected chi connectivity index (χ2v) is 5.76. The van der Waals surface area contributed by atoms with E-state index in [0.717, 1.165) is 31.9 Å². The lowest BCUT2D eigenvalue weighted by Crippen LogP contribution is -2.44. The van der Waals surface area contributed by atoms with Gasteiger partial charge in [0.1, 0.15) is 5.82 Å². The lowest BCUT2D eigenvalue weighted by Gasteiger charge is -2.34. The Hall–Kier alpha value is -2.60. The highest BCUT2D eigenvalue weighted by atomic mass is 16.1. The van der Waals surface area contributed by atoms with Crippen LogP contribution in [0.15, 0.2) is 42.6 Å². The van der Waals surface area contributed by atoms with Crippen molar-refractivity contribution in [2.75, 3.05) is 49.2 Å². The molecule has 23 heavy (non-hydrogen) atoms. The molecule has 0 radical (unpaired) electrons. The topological polar surface area (TPSA) is 74.5 Å². The Bertz CT molecular complexity index is 678. The smallest absolute Gasteiger partial charge is 0.255 e. The highest BCUT2D eigenvalue weighted by molar-refractivity contribution is 6.04. The summed E-state index contributed by atoms with van der Waals surface area (Å²) < 4.78 is 0. The van der Waals surface area contributed by atoms with Crippen molar-refractivity contribution >= 4 is 23.1 Å². The van der Waals surface area contributed by atoms with Crippen molar-refractivity contribution in [3.63, 3.8) is 0 Å². The lowest BCUT2D eigenvalue weighted by atomic mass is 10.2. The fourth-order valence-corrected chi connectivity index (χ4v) is 2.61. The second-order valence-electron chi connectivity index (χ2n) is 5.76. The maximum atomic E-state index is 12.2. The number of anilines is 3. The van der Waals surface area contributed by atoms with Crippen LogP contribution in [0.5, 0.6) is 0 Å². The van der Waals surface area contributed by atoms with Crippen LogP contribution >= 0.6 is 0 Å². The Morgan fingerprint density at radius 3 is 2.48 bits per heavy atom. The van der Waals surface area contributed by atoms with Gasteiger partial charge >= 0.3 is 0 Å². The fraction of sp³-hybridized carbons (Fsp3) is 0.294. The monoisotopic (exact) mass is 311 g/mol. The number of carbonyl (C=O) groups is 1. The number of pyridine rings is 1. The molecule has 2 heterocycles. The van der Waals surface area contributed by atoms with E-state index in [9.17, 15) is 4.79 Å². The molecule has 1 fully saturated rings. The summed E-state index contributed by atoms with van der Waals surface area (Å²) in [6.45, 7) is 4.20. The number of piperazine rings is 1. The first-order valence-electron chi connectivity index (χ1n) is 7.68. The molecule has 0 aliphatic carbocycles. The molecule has 0 bridgehead atoms. The summed E-state index contributed by atoms with van der Waals surface area (Å²) in [5.41, 5.74) is 8.05. The minimum Gasteiger partial charge on any atom is -0.384 e. The zero-order valence-corrected chi connectivity index (χ0v) is 13.2. The van der Waals surface area contributed by atoms with Crippen molar-refractivity contribution in [2.45, 2.75) is 0 Å². The number of nitrogens with zero attached hydrogens (tertiary/aromatic N) is 3. The first-order chi connectivity index (χ1) is 11.1. The third-order valence-electron chi connectivity index (χ3n) is 4.04. The third kappa shape index (κ3) is 3.78. The largest absolute Gasteiger partial charge is 0.384 e. The van der Waals surface area contributed by atoms with Gasteiger partial charge in [-0.15, -0.1) is 0 Å². The van der Waals surface area contributed by atoms with Gasteiger partial charge in [0, 0.05) is 49.3 Å². The molecular formula is C17H21N5O. The zero-order valence-electron chi connectivity index (χ0n) is 13.2. The van der Waals surface area contributed by atoms with Crippen LogP contribution in [0.4, 0.5) is 17.2 Å². The number of aromatic nitrogens is 1. The van der Waals surface area contributed by atoms with Crippen molar-refractivity contribution in [1.82, 2.24) is 9.88 Å². The van der Waals surface area contributed by atoms with E-state index in [0.29, 0.717) is 11.4 Å². The van der Waals surface area contributed by atoms with E-state index in [-0.39, 0.29) is 5.91 Å². The first kappa shape index (κ1) is 15.3. The molecule has 1 saturated heterocycles. The molecule has 0 spiro atoms. The third-order valence-corrected chi connectivity index (χ3v) is 4.04. The standard InChI is InChI=1S/C17H21N5O/c1-21-8-10-22(11-9-21)15-4-2-14(3-5-15)20-17(23)13-6-7-19-16(18)12-13/h2-7,12H,8-11H2,1H3,(H2,18,19)(H,20,23). The predicted octanol–water partition coefficient (Wildman–Crippen LogP) is 1.67. The highest BCUT2D eigenvalue weighted by Crippen LogP contribution is 2.20. The van der Waals surface area contributed by atoms with Gasteiger partial charge in [0.2, 0.25) is 0 Å². The number of nitrogens with two attached hydrogens (primary N) is 1. The zero-order chi connectivity index (χ0) is 16.2. The van der Waals surface area contributed by atoms with Crippen LogP contribution in [0.25, 0.3) is 0 Å². The van der Waals surface area contributed by atoms with Gasteiger partial charge in [0.15, 0.2) is 0 Å². The van der Waals surface area contributed by atoms with Crippen molar-refractivity contribution in [3.8, 4) is 0 Å². The van der Waals surface area contributed by atoms with E-state index < -0.39 is 0 Å². The molecule has 6 nitrogen and oxygen atoms in total. The SMILES string of the molecule is CN1CCN(c2ccc(NC(=O)c3ccnc(N)c3)cc2)CC1. The number of carbonyl (C=O) groups excluding carboxylic acids is 1. The molecule has 3 rings (SSSR count). The summed E-state index contributed by atoms with van der Waals surface area (Å²) in [5, 5.41) is 2.87. The number of benzene rings is 1. The lowest BCUT2D eigenvalue weighted by molar-refractivity contribution is 0.102. The van der Waals surface area contributed by atoms with Crippen LogP contribution in [0, 0.1) is 0 Å². The fourth-order valence-electron chi connectivity index (χ4n) is 2.61. The summed E-state index contributed by atoms with van der Waals surface area (Å²) in [6, 6.07) is 11.1. The Morgan fingerprint density at radius 1 is 1.13 bits per heavy atom. The summed E-state index contributed by atoms with van der Waals surface area (Å²) in [6.07, 6.45) is 1.53. The first-order valence-corrected chi connectivity index (χ1v) is 7.68. The van der Waals surface area contributed by atoms with Gasteiger partial charge in [-0.2, -0.15) is 0 Å². The highest BCUT2D eigenvalue weighted by Gasteiger charge is 2.14. The number of amides is 1. The molecule has 0 atom stereocenters. The van der Waals surface area contributed by atoms with Gasteiger partial charge in [-0.25, -0.2) is 4.98 Å². The number of hydrogen-bond acceptors (Lipinski definition) is 5. The Morgan fingerprint density at radius 2 is 1.83 bits per heavy atom. The average Bonchev–Trinajstić information content (AvgIpc) is 2.56. The second kappa shape index (κ2) is 6.66. The summed E-state index contributed by atoms with van der Waals surface area (Å²) in [5.74, 6) is 0.148. The number of hydrogen-bond donors (Lipinski definition) is 2. The van der Waals surface area contributed by atoms with Crippen molar-refractivity contribution in [2.24, 2.45) is 0 Å². The molecule has 1 aliphatic rings. The molecule has 1 aromatic heterocycles.